The molecule has 0 saturated heterocycles. The first-order valence-electron chi connectivity index (χ1n) is 7.68. The summed E-state index contributed by atoms with van der Waals surface area (Å²) in [4.78, 5) is 11.7. The number of oxime groups is 1. The Morgan fingerprint density at radius 3 is 2.11 bits per heavy atom. The van der Waals surface area contributed by atoms with Gasteiger partial charge in [0.1, 0.15) is 0 Å². The van der Waals surface area contributed by atoms with Crippen LogP contribution in [-0.4, -0.2) is 41.1 Å². The number of carbonyl (C=O) groups is 1. The summed E-state index contributed by atoms with van der Waals surface area (Å²) in [5.41, 5.74) is -0.448. The van der Waals surface area contributed by atoms with E-state index in [1.807, 2.05) is 0 Å². The Kier molecular flexibility index (Phi) is 6.37. The first kappa shape index (κ1) is 21.3. The zero-order valence-corrected chi connectivity index (χ0v) is 14.9. The Morgan fingerprint density at radius 2 is 1.57 bits per heavy atom. The molecule has 1 unspecified atom stereocenters. The molecule has 0 fully saturated rings. The Bertz CT molecular complexity index is 1020. The van der Waals surface area contributed by atoms with Crippen molar-refractivity contribution in [2.45, 2.75) is 11.4 Å². The van der Waals surface area contributed by atoms with E-state index >= 15 is 0 Å². The highest BCUT2D eigenvalue weighted by Gasteiger charge is 2.37. The lowest BCUT2D eigenvalue weighted by Crippen LogP contribution is -2.30. The van der Waals surface area contributed by atoms with Gasteiger partial charge >= 0.3 is 6.18 Å². The van der Waals surface area contributed by atoms with Crippen LogP contribution >= 0.6 is 0 Å². The minimum absolute atomic E-state index is 0.155. The van der Waals surface area contributed by atoms with Crippen LogP contribution in [-0.2, 0) is 10.1 Å². The van der Waals surface area contributed by atoms with Crippen LogP contribution in [0.1, 0.15) is 21.5 Å². The van der Waals surface area contributed by atoms with E-state index < -0.39 is 33.0 Å². The molecule has 1 atom stereocenters. The molecule has 1 aliphatic carbocycles. The van der Waals surface area contributed by atoms with Crippen molar-refractivity contribution >= 4 is 27.7 Å². The van der Waals surface area contributed by atoms with Crippen LogP contribution < -0.4 is 0 Å². The van der Waals surface area contributed by atoms with Crippen LogP contribution in [0, 0.1) is 0 Å². The van der Waals surface area contributed by atoms with E-state index in [1.165, 1.54) is 36.4 Å². The maximum Gasteiger partial charge on any atom is 0.437 e. The second kappa shape index (κ2) is 8.36. The van der Waals surface area contributed by atoms with Crippen LogP contribution in [0.4, 0.5) is 13.2 Å². The van der Waals surface area contributed by atoms with E-state index in [0.29, 0.717) is 11.1 Å². The van der Waals surface area contributed by atoms with E-state index in [1.54, 1.807) is 30.3 Å². The molecule has 2 N–H and O–H groups in total. The number of hydrogen-bond donors (Lipinski definition) is 2. The summed E-state index contributed by atoms with van der Waals surface area (Å²) in [5.74, 6) is -0.587. The second-order valence-electron chi connectivity index (χ2n) is 5.56. The summed E-state index contributed by atoms with van der Waals surface area (Å²) in [6.07, 6.45) is -1.91. The van der Waals surface area contributed by atoms with Crippen LogP contribution in [0.3, 0.4) is 0 Å². The Labute approximate surface area is 158 Å². The molecule has 0 radical (unpaired) electrons. The average Bonchev–Trinajstić information content (AvgIpc) is 2.62. The highest BCUT2D eigenvalue weighted by Crippen LogP contribution is 2.23. The highest BCUT2D eigenvalue weighted by molar-refractivity contribution is 7.87. The second-order valence-corrected chi connectivity index (χ2v) is 7.10. The van der Waals surface area contributed by atoms with Crippen LogP contribution in [0.15, 0.2) is 65.8 Å². The molecule has 0 spiro atoms. The molecule has 0 aliphatic heterocycles. The maximum absolute atomic E-state index is 12.1. The lowest BCUT2D eigenvalue weighted by atomic mass is 9.96. The van der Waals surface area contributed by atoms with Gasteiger partial charge in [0.15, 0.2) is 16.7 Å². The van der Waals surface area contributed by atoms with E-state index in [-0.39, 0.29) is 5.56 Å². The van der Waals surface area contributed by atoms with Gasteiger partial charge in [0, 0.05) is 11.1 Å². The number of fused-ring (bicyclic) bond motifs is 1. The average molecular weight is 413 g/mol. The van der Waals surface area contributed by atoms with Crippen molar-refractivity contribution in [2.75, 3.05) is 0 Å². The van der Waals surface area contributed by atoms with Crippen molar-refractivity contribution in [3.05, 3.63) is 77.4 Å². The Hall–Kier alpha value is -2.98. The molecule has 0 aromatic heterocycles. The monoisotopic (exact) mass is 413 g/mol. The summed E-state index contributed by atoms with van der Waals surface area (Å²) >= 11 is 0. The number of ketones is 1. The minimum atomic E-state index is -4.63. The van der Waals surface area contributed by atoms with Crippen LogP contribution in [0.5, 0.6) is 0 Å². The number of Topliss-reactive ketones (excluding diaryl/α,β-unsaturated/α-hetero) is 1. The predicted molar refractivity (Wildman–Crippen MR) is 96.0 cm³/mol. The first-order valence-corrected chi connectivity index (χ1v) is 9.18. The molecule has 28 heavy (non-hydrogen) atoms. The van der Waals surface area contributed by atoms with Crippen molar-refractivity contribution in [1.82, 2.24) is 0 Å². The van der Waals surface area contributed by atoms with Crippen molar-refractivity contribution in [3.63, 3.8) is 0 Å². The first-order chi connectivity index (χ1) is 13.1. The van der Waals surface area contributed by atoms with Gasteiger partial charge in [0.25, 0.3) is 10.1 Å². The topological polar surface area (TPSA) is 104 Å². The van der Waals surface area contributed by atoms with E-state index in [4.69, 9.17) is 9.76 Å². The summed E-state index contributed by atoms with van der Waals surface area (Å²) in [6.45, 7) is 0. The molecule has 10 heteroatoms. The highest BCUT2D eigenvalue weighted by atomic mass is 32.2. The molecular weight excluding hydrogens is 399 g/mol. The summed E-state index contributed by atoms with van der Waals surface area (Å²) in [7, 11) is -4.35. The molecule has 2 aromatic carbocycles. The minimum Gasteiger partial charge on any atom is -0.410 e. The fourth-order valence-electron chi connectivity index (χ4n) is 2.41. The SMILES string of the molecule is O=C1c2ccccc2C=CC1S(=O)(=O)O.ON=C(c1ccccc1)C(F)(F)F. The smallest absolute Gasteiger partial charge is 0.410 e. The fourth-order valence-corrected chi connectivity index (χ4v) is 3.08. The Balaban J connectivity index is 0.000000203. The number of carbonyl (C=O) groups excluding carboxylic acids is 1. The molecular formula is C18H14F3NO5S. The van der Waals surface area contributed by atoms with Gasteiger partial charge in [0.05, 0.1) is 0 Å². The maximum atomic E-state index is 12.1. The third-order valence-corrected chi connectivity index (χ3v) is 4.68. The molecule has 2 aromatic rings. The quantitative estimate of drug-likeness (QED) is 0.339. The number of halogens is 3. The van der Waals surface area contributed by atoms with Crippen molar-refractivity contribution in [1.29, 1.82) is 0 Å². The van der Waals surface area contributed by atoms with E-state index in [9.17, 15) is 26.4 Å². The van der Waals surface area contributed by atoms with Crippen molar-refractivity contribution in [2.24, 2.45) is 5.16 Å². The zero-order valence-electron chi connectivity index (χ0n) is 14.0. The van der Waals surface area contributed by atoms with Gasteiger partial charge in [-0.15, -0.1) is 0 Å². The fraction of sp³-hybridized carbons (Fsp3) is 0.111. The van der Waals surface area contributed by atoms with Gasteiger partial charge in [-0.25, -0.2) is 0 Å². The molecule has 0 amide bonds. The molecule has 1 aliphatic rings. The molecule has 148 valence electrons. The van der Waals surface area contributed by atoms with E-state index in [2.05, 4.69) is 5.16 Å². The van der Waals surface area contributed by atoms with Gasteiger partial charge in [-0.2, -0.15) is 21.6 Å². The van der Waals surface area contributed by atoms with Gasteiger partial charge in [0.2, 0.25) is 0 Å². The Morgan fingerprint density at radius 1 is 1.00 bits per heavy atom. The lowest BCUT2D eigenvalue weighted by molar-refractivity contribution is -0.0601. The van der Waals surface area contributed by atoms with Gasteiger partial charge in [-0.05, 0) is 5.56 Å². The number of benzene rings is 2. The molecule has 0 saturated carbocycles. The molecule has 0 heterocycles. The van der Waals surface area contributed by atoms with Crippen LogP contribution in [0.2, 0.25) is 0 Å². The van der Waals surface area contributed by atoms with Gasteiger partial charge in [-0.3, -0.25) is 9.35 Å². The number of nitrogens with zero attached hydrogens (tertiary/aromatic N) is 1. The van der Waals surface area contributed by atoms with Gasteiger partial charge in [-0.1, -0.05) is 71.9 Å². The number of hydrogen-bond acceptors (Lipinski definition) is 5. The predicted octanol–water partition coefficient (Wildman–Crippen LogP) is 3.58. The van der Waals surface area contributed by atoms with Gasteiger partial charge < -0.3 is 5.21 Å². The van der Waals surface area contributed by atoms with Crippen LogP contribution in [0.25, 0.3) is 6.08 Å². The van der Waals surface area contributed by atoms with E-state index in [0.717, 1.165) is 0 Å². The van der Waals surface area contributed by atoms with Crippen molar-refractivity contribution in [3.8, 4) is 0 Å². The summed E-state index contributed by atoms with van der Waals surface area (Å²) in [5, 5.41) is 8.94. The molecule has 6 nitrogen and oxygen atoms in total. The normalized spacial score (nSPS) is 16.8. The summed E-state index contributed by atoms with van der Waals surface area (Å²) in [6, 6.07) is 13.6. The zero-order chi connectivity index (χ0) is 20.9. The molecule has 0 bridgehead atoms. The number of rotatable bonds is 2. The largest absolute Gasteiger partial charge is 0.437 e. The lowest BCUT2D eigenvalue weighted by Gasteiger charge is -2.15. The van der Waals surface area contributed by atoms with Crippen molar-refractivity contribution < 1.29 is 36.1 Å². The third kappa shape index (κ3) is 5.05. The molecule has 3 rings (SSSR count). The standard InChI is InChI=1S/C10H8O4S.C8H6F3NO/c11-10-8-4-2-1-3-7(8)5-6-9(10)15(12,13)14;9-8(10,11)7(12-13)6-4-2-1-3-5-6/h1-6,9H,(H,12,13,14);1-5,13H. The number of alkyl halides is 3. The third-order valence-electron chi connectivity index (χ3n) is 3.67. The summed E-state index contributed by atoms with van der Waals surface area (Å²) < 4.78 is 67.0.